The molecule has 0 saturated heterocycles. The predicted molar refractivity (Wildman–Crippen MR) is 139 cm³/mol. The van der Waals surface area contributed by atoms with Crippen molar-refractivity contribution >= 4 is 45.7 Å². The van der Waals surface area contributed by atoms with Crippen molar-refractivity contribution < 1.29 is 5.11 Å². The zero-order valence-electron chi connectivity index (χ0n) is 18.4. The molecule has 7 heteroatoms. The summed E-state index contributed by atoms with van der Waals surface area (Å²) in [6.45, 7) is 2.01. The number of aliphatic hydroxyl groups is 1. The highest BCUT2D eigenvalue weighted by molar-refractivity contribution is 6.42. The van der Waals surface area contributed by atoms with E-state index in [1.165, 1.54) is 0 Å². The summed E-state index contributed by atoms with van der Waals surface area (Å²) < 4.78 is 1.79. The topological polar surface area (TPSA) is 50.9 Å². The van der Waals surface area contributed by atoms with Crippen molar-refractivity contribution in [2.24, 2.45) is 7.05 Å². The van der Waals surface area contributed by atoms with Gasteiger partial charge >= 0.3 is 0 Å². The Bertz CT molecular complexity index is 1530. The van der Waals surface area contributed by atoms with Gasteiger partial charge in [0.25, 0.3) is 0 Å². The van der Waals surface area contributed by atoms with E-state index in [1.54, 1.807) is 41.4 Å². The number of halogens is 3. The third-order valence-corrected chi connectivity index (χ3v) is 6.97. The van der Waals surface area contributed by atoms with Crippen LogP contribution in [0.2, 0.25) is 15.2 Å². The van der Waals surface area contributed by atoms with Crippen LogP contribution >= 0.6 is 34.8 Å². The predicted octanol–water partition coefficient (Wildman–Crippen LogP) is 7.19. The SMILES string of the molecule is Cc1cccc(-c2c(Cl)nc3ccc(C(O)(c4ccc(Cl)cc4)c4cncn4C)cc3c2Cl)c1. The average molecular weight is 509 g/mol. The molecule has 1 atom stereocenters. The van der Waals surface area contributed by atoms with Crippen molar-refractivity contribution in [1.29, 1.82) is 0 Å². The molecule has 2 heterocycles. The van der Waals surface area contributed by atoms with E-state index in [0.29, 0.717) is 48.5 Å². The van der Waals surface area contributed by atoms with Crippen LogP contribution in [0.5, 0.6) is 0 Å². The van der Waals surface area contributed by atoms with Crippen molar-refractivity contribution in [1.82, 2.24) is 14.5 Å². The van der Waals surface area contributed by atoms with Gasteiger partial charge in [-0.05, 0) is 47.9 Å². The minimum absolute atomic E-state index is 0.329. The Morgan fingerprint density at radius 3 is 2.32 bits per heavy atom. The van der Waals surface area contributed by atoms with Crippen LogP contribution in [0.4, 0.5) is 0 Å². The Labute approximate surface area is 212 Å². The Hall–Kier alpha value is -2.89. The number of hydrogen-bond acceptors (Lipinski definition) is 3. The largest absolute Gasteiger partial charge is 0.374 e. The van der Waals surface area contributed by atoms with Crippen molar-refractivity contribution in [3.8, 4) is 11.1 Å². The third kappa shape index (κ3) is 3.77. The van der Waals surface area contributed by atoms with E-state index in [0.717, 1.165) is 11.1 Å². The van der Waals surface area contributed by atoms with Gasteiger partial charge in [-0.2, -0.15) is 0 Å². The molecule has 5 aromatic rings. The Kier molecular flexibility index (Phi) is 5.86. The number of rotatable bonds is 4. The van der Waals surface area contributed by atoms with Crippen LogP contribution in [0.25, 0.3) is 22.0 Å². The van der Waals surface area contributed by atoms with Crippen LogP contribution < -0.4 is 0 Å². The summed E-state index contributed by atoms with van der Waals surface area (Å²) in [5.41, 5.74) is 3.64. The van der Waals surface area contributed by atoms with E-state index in [9.17, 15) is 5.11 Å². The number of nitrogens with zero attached hydrogens (tertiary/aromatic N) is 3. The normalized spacial score (nSPS) is 13.2. The minimum Gasteiger partial charge on any atom is -0.374 e. The maximum atomic E-state index is 12.2. The van der Waals surface area contributed by atoms with Crippen LogP contribution in [0.1, 0.15) is 22.4 Å². The van der Waals surface area contributed by atoms with E-state index >= 15 is 0 Å². The van der Waals surface area contributed by atoms with E-state index in [2.05, 4.69) is 9.97 Å². The van der Waals surface area contributed by atoms with Gasteiger partial charge in [0.2, 0.25) is 0 Å². The number of fused-ring (bicyclic) bond motifs is 1. The van der Waals surface area contributed by atoms with Crippen LogP contribution in [0.15, 0.2) is 79.3 Å². The Morgan fingerprint density at radius 1 is 0.912 bits per heavy atom. The number of aryl methyl sites for hydroxylation is 2. The molecule has 0 spiro atoms. The van der Waals surface area contributed by atoms with Gasteiger partial charge in [-0.25, -0.2) is 9.97 Å². The van der Waals surface area contributed by atoms with Crippen LogP contribution in [-0.2, 0) is 12.6 Å². The molecule has 3 aromatic carbocycles. The molecular formula is C27H20Cl3N3O. The highest BCUT2D eigenvalue weighted by atomic mass is 35.5. The molecule has 0 aliphatic carbocycles. The molecule has 2 aromatic heterocycles. The number of hydrogen-bond donors (Lipinski definition) is 1. The summed E-state index contributed by atoms with van der Waals surface area (Å²) in [6, 6.07) is 20.6. The molecule has 0 bridgehead atoms. The third-order valence-electron chi connectivity index (χ3n) is 6.05. The van der Waals surface area contributed by atoms with Crippen molar-refractivity contribution in [3.05, 3.63) is 117 Å². The monoisotopic (exact) mass is 507 g/mol. The number of pyridine rings is 1. The van der Waals surface area contributed by atoms with Gasteiger partial charge in [0.15, 0.2) is 5.60 Å². The second kappa shape index (κ2) is 8.71. The van der Waals surface area contributed by atoms with Crippen LogP contribution in [-0.4, -0.2) is 19.6 Å². The fourth-order valence-corrected chi connectivity index (χ4v) is 5.15. The van der Waals surface area contributed by atoms with Gasteiger partial charge in [-0.15, -0.1) is 0 Å². The molecule has 0 aliphatic heterocycles. The molecule has 1 unspecified atom stereocenters. The van der Waals surface area contributed by atoms with Gasteiger partial charge in [-0.1, -0.05) is 82.8 Å². The van der Waals surface area contributed by atoms with Crippen LogP contribution in [0.3, 0.4) is 0 Å². The number of imidazole rings is 1. The summed E-state index contributed by atoms with van der Waals surface area (Å²) in [6.07, 6.45) is 3.31. The maximum absolute atomic E-state index is 12.2. The molecule has 1 N–H and O–H groups in total. The molecular weight excluding hydrogens is 489 g/mol. The van der Waals surface area contributed by atoms with Gasteiger partial charge in [-0.3, -0.25) is 0 Å². The first kappa shape index (κ1) is 22.9. The summed E-state index contributed by atoms with van der Waals surface area (Å²) in [7, 11) is 1.84. The highest BCUT2D eigenvalue weighted by Crippen LogP contribution is 2.42. The maximum Gasteiger partial charge on any atom is 0.156 e. The minimum atomic E-state index is -1.50. The molecule has 0 saturated carbocycles. The van der Waals surface area contributed by atoms with Gasteiger partial charge in [0.1, 0.15) is 5.15 Å². The summed E-state index contributed by atoms with van der Waals surface area (Å²) in [4.78, 5) is 8.83. The molecule has 170 valence electrons. The van der Waals surface area contributed by atoms with Crippen LogP contribution in [0, 0.1) is 6.92 Å². The molecule has 0 amide bonds. The molecule has 34 heavy (non-hydrogen) atoms. The lowest BCUT2D eigenvalue weighted by Gasteiger charge is -2.30. The molecule has 4 nitrogen and oxygen atoms in total. The first-order valence-electron chi connectivity index (χ1n) is 10.6. The Morgan fingerprint density at radius 2 is 1.65 bits per heavy atom. The molecule has 0 radical (unpaired) electrons. The average Bonchev–Trinajstić information content (AvgIpc) is 3.25. The lowest BCUT2D eigenvalue weighted by molar-refractivity contribution is 0.117. The second-order valence-electron chi connectivity index (χ2n) is 8.30. The fourth-order valence-electron chi connectivity index (χ4n) is 4.33. The van der Waals surface area contributed by atoms with Gasteiger partial charge in [0, 0.05) is 23.0 Å². The standard InChI is InChI=1S/C27H20Cl3N3O/c1-16-4-3-5-17(12-16)24-25(29)21-13-19(8-11-22(21)32-26(24)30)27(34,23-14-31-15-33(23)2)18-6-9-20(28)10-7-18/h3-15,34H,1-2H3. The van der Waals surface area contributed by atoms with Crippen molar-refractivity contribution in [3.63, 3.8) is 0 Å². The lowest BCUT2D eigenvalue weighted by Crippen LogP contribution is -2.31. The first-order valence-corrected chi connectivity index (χ1v) is 11.7. The summed E-state index contributed by atoms with van der Waals surface area (Å²) in [5, 5.41) is 14.3. The second-order valence-corrected chi connectivity index (χ2v) is 9.47. The van der Waals surface area contributed by atoms with Gasteiger partial charge in [0.05, 0.1) is 28.8 Å². The van der Waals surface area contributed by atoms with Crippen molar-refractivity contribution in [2.45, 2.75) is 12.5 Å². The van der Waals surface area contributed by atoms with E-state index in [-0.39, 0.29) is 0 Å². The summed E-state index contributed by atoms with van der Waals surface area (Å²) in [5.74, 6) is 0. The lowest BCUT2D eigenvalue weighted by atomic mass is 9.83. The summed E-state index contributed by atoms with van der Waals surface area (Å²) >= 11 is 19.6. The quantitative estimate of drug-likeness (QED) is 0.261. The highest BCUT2D eigenvalue weighted by Gasteiger charge is 2.37. The zero-order valence-corrected chi connectivity index (χ0v) is 20.7. The molecule has 0 fully saturated rings. The van der Waals surface area contributed by atoms with E-state index in [4.69, 9.17) is 34.8 Å². The smallest absolute Gasteiger partial charge is 0.156 e. The zero-order chi connectivity index (χ0) is 24.0. The van der Waals surface area contributed by atoms with Crippen molar-refractivity contribution in [2.75, 3.05) is 0 Å². The van der Waals surface area contributed by atoms with E-state index in [1.807, 2.05) is 56.4 Å². The molecule has 0 aliphatic rings. The fraction of sp³-hybridized carbons (Fsp3) is 0.111. The number of aromatic nitrogens is 3. The van der Waals surface area contributed by atoms with E-state index < -0.39 is 5.60 Å². The molecule has 5 rings (SSSR count). The Balaban J connectivity index is 1.78. The van der Waals surface area contributed by atoms with Gasteiger partial charge < -0.3 is 9.67 Å². The first-order chi connectivity index (χ1) is 16.3. The number of benzene rings is 3.